The van der Waals surface area contributed by atoms with Crippen molar-refractivity contribution in [3.05, 3.63) is 24.5 Å². The Morgan fingerprint density at radius 2 is 1.73 bits per heavy atom. The summed E-state index contributed by atoms with van der Waals surface area (Å²) in [5, 5.41) is 0.987. The summed E-state index contributed by atoms with van der Waals surface area (Å²) < 4.78 is 29.3. The van der Waals surface area contributed by atoms with Gasteiger partial charge in [-0.3, -0.25) is 4.90 Å². The molecule has 8 heteroatoms. The highest BCUT2D eigenvalue weighted by atomic mass is 32.2. The molecule has 0 atom stereocenters. The van der Waals surface area contributed by atoms with Gasteiger partial charge in [0.2, 0.25) is 5.88 Å². The van der Waals surface area contributed by atoms with Gasteiger partial charge in [-0.15, -0.1) is 0 Å². The Hall–Kier alpha value is -1.93. The normalized spacial score (nSPS) is 23.0. The molecule has 162 valence electrons. The Labute approximate surface area is 178 Å². The fraction of sp³-hybridized carbons (Fsp3) is 0.636. The minimum absolute atomic E-state index is 0.363. The molecule has 3 fully saturated rings. The number of rotatable bonds is 6. The fourth-order valence-electron chi connectivity index (χ4n) is 4.49. The van der Waals surface area contributed by atoms with Crippen LogP contribution in [0.1, 0.15) is 25.7 Å². The van der Waals surface area contributed by atoms with Crippen molar-refractivity contribution in [2.45, 2.75) is 25.7 Å². The Morgan fingerprint density at radius 3 is 2.47 bits per heavy atom. The molecule has 3 heterocycles. The Balaban J connectivity index is 1.20. The number of benzene rings is 1. The van der Waals surface area contributed by atoms with Crippen LogP contribution >= 0.6 is 0 Å². The molecule has 0 spiro atoms. The van der Waals surface area contributed by atoms with Gasteiger partial charge in [-0.2, -0.15) is 0 Å². The van der Waals surface area contributed by atoms with Gasteiger partial charge in [0.15, 0.2) is 0 Å². The summed E-state index contributed by atoms with van der Waals surface area (Å²) in [6, 6.07) is 6.37. The quantitative estimate of drug-likeness (QED) is 0.696. The van der Waals surface area contributed by atoms with E-state index >= 15 is 0 Å². The summed E-state index contributed by atoms with van der Waals surface area (Å²) in [5.41, 5.74) is 2.11. The van der Waals surface area contributed by atoms with E-state index in [1.54, 1.807) is 6.33 Å². The van der Waals surface area contributed by atoms with E-state index in [2.05, 4.69) is 38.0 Å². The first-order valence-electron chi connectivity index (χ1n) is 11.1. The smallest absolute Gasteiger partial charge is 0.224 e. The molecule has 1 aromatic carbocycles. The van der Waals surface area contributed by atoms with Gasteiger partial charge >= 0.3 is 0 Å². The first kappa shape index (κ1) is 20.0. The lowest BCUT2D eigenvalue weighted by Crippen LogP contribution is -2.48. The molecule has 0 radical (unpaired) electrons. The van der Waals surface area contributed by atoms with Crippen LogP contribution in [0.4, 0.5) is 5.69 Å². The number of hydrogen-bond acceptors (Lipinski definition) is 7. The van der Waals surface area contributed by atoms with Crippen LogP contribution in [0.2, 0.25) is 0 Å². The lowest BCUT2D eigenvalue weighted by Gasteiger charge is -2.38. The predicted octanol–water partition coefficient (Wildman–Crippen LogP) is 2.37. The number of fused-ring (bicyclic) bond motifs is 1. The fourth-order valence-corrected chi connectivity index (χ4v) is 6.08. The third-order valence-corrected chi connectivity index (χ3v) is 8.38. The minimum Gasteiger partial charge on any atom is -0.477 e. The van der Waals surface area contributed by atoms with Crippen LogP contribution in [0.5, 0.6) is 5.88 Å². The molecule has 0 unspecified atom stereocenters. The van der Waals surface area contributed by atoms with E-state index in [9.17, 15) is 8.42 Å². The van der Waals surface area contributed by atoms with Gasteiger partial charge in [-0.1, -0.05) is 0 Å². The molecule has 5 rings (SSSR count). The van der Waals surface area contributed by atoms with Gasteiger partial charge in [-0.25, -0.2) is 18.4 Å². The van der Waals surface area contributed by atoms with Crippen LogP contribution < -0.4 is 9.64 Å². The summed E-state index contributed by atoms with van der Waals surface area (Å²) in [6.07, 6.45) is 5.73. The third kappa shape index (κ3) is 4.70. The molecular weight excluding hydrogens is 400 g/mol. The molecule has 2 saturated heterocycles. The Bertz CT molecular complexity index is 987. The average molecular weight is 431 g/mol. The molecule has 0 N–H and O–H groups in total. The van der Waals surface area contributed by atoms with E-state index in [1.807, 2.05) is 0 Å². The van der Waals surface area contributed by atoms with E-state index in [0.717, 1.165) is 63.1 Å². The van der Waals surface area contributed by atoms with Crippen LogP contribution in [0, 0.1) is 11.8 Å². The molecule has 1 saturated carbocycles. The second-order valence-corrected chi connectivity index (χ2v) is 11.3. The SMILES string of the molecule is O=S1(=O)CCC(CN2CCN(c3ccc4ncnc(OCC5CC5)c4c3)CC2)CC1. The minimum atomic E-state index is -2.78. The highest BCUT2D eigenvalue weighted by Gasteiger charge is 2.27. The zero-order chi connectivity index (χ0) is 20.6. The molecule has 30 heavy (non-hydrogen) atoms. The maximum atomic E-state index is 11.6. The number of nitrogens with zero attached hydrogens (tertiary/aromatic N) is 4. The Morgan fingerprint density at radius 1 is 0.967 bits per heavy atom. The van der Waals surface area contributed by atoms with Crippen molar-refractivity contribution in [3.63, 3.8) is 0 Å². The molecule has 7 nitrogen and oxygen atoms in total. The number of piperazine rings is 1. The van der Waals surface area contributed by atoms with Crippen LogP contribution in [-0.2, 0) is 9.84 Å². The van der Waals surface area contributed by atoms with Crippen LogP contribution in [-0.4, -0.2) is 74.1 Å². The number of anilines is 1. The van der Waals surface area contributed by atoms with E-state index < -0.39 is 9.84 Å². The van der Waals surface area contributed by atoms with Crippen molar-refractivity contribution < 1.29 is 13.2 Å². The second kappa shape index (κ2) is 8.30. The van der Waals surface area contributed by atoms with Crippen molar-refractivity contribution in [1.82, 2.24) is 14.9 Å². The van der Waals surface area contributed by atoms with Crippen molar-refractivity contribution in [3.8, 4) is 5.88 Å². The zero-order valence-corrected chi connectivity index (χ0v) is 18.2. The van der Waals surface area contributed by atoms with Crippen molar-refractivity contribution in [1.29, 1.82) is 0 Å². The molecule has 1 aromatic heterocycles. The lowest BCUT2D eigenvalue weighted by atomic mass is 10.0. The number of sulfone groups is 1. The standard InChI is InChI=1S/C22H30N4O3S/c27-30(28)11-5-17(6-12-30)14-25-7-9-26(10-8-25)19-3-4-21-20(13-19)22(24-16-23-21)29-15-18-1-2-18/h3-4,13,16-18H,1-2,5-12,14-15H2. The monoisotopic (exact) mass is 430 g/mol. The van der Waals surface area contributed by atoms with Crippen molar-refractivity contribution in [2.24, 2.45) is 11.8 Å². The third-order valence-electron chi connectivity index (χ3n) is 6.66. The van der Waals surface area contributed by atoms with E-state index in [1.165, 1.54) is 18.5 Å². The van der Waals surface area contributed by atoms with E-state index in [4.69, 9.17) is 4.74 Å². The summed E-state index contributed by atoms with van der Waals surface area (Å²) in [6.45, 7) is 5.74. The predicted molar refractivity (Wildman–Crippen MR) is 118 cm³/mol. The van der Waals surface area contributed by atoms with Gasteiger partial charge in [0, 0.05) is 38.4 Å². The van der Waals surface area contributed by atoms with Crippen LogP contribution in [0.25, 0.3) is 10.9 Å². The average Bonchev–Trinajstić information content (AvgIpc) is 3.58. The van der Waals surface area contributed by atoms with Crippen LogP contribution in [0.3, 0.4) is 0 Å². The highest BCUT2D eigenvalue weighted by Crippen LogP contribution is 2.32. The first-order chi connectivity index (χ1) is 14.6. The summed E-state index contributed by atoms with van der Waals surface area (Å²) in [4.78, 5) is 13.7. The number of hydrogen-bond donors (Lipinski definition) is 0. The van der Waals surface area contributed by atoms with Crippen molar-refractivity contribution in [2.75, 3.05) is 55.7 Å². The van der Waals surface area contributed by atoms with E-state index in [0.29, 0.717) is 29.2 Å². The molecule has 1 aliphatic carbocycles. The van der Waals surface area contributed by atoms with Gasteiger partial charge < -0.3 is 9.64 Å². The number of ether oxygens (including phenoxy) is 1. The molecule has 0 amide bonds. The molecular formula is C22H30N4O3S. The van der Waals surface area contributed by atoms with Gasteiger partial charge in [-0.05, 0) is 55.7 Å². The maximum Gasteiger partial charge on any atom is 0.224 e. The summed E-state index contributed by atoms with van der Waals surface area (Å²) in [7, 11) is -2.78. The lowest BCUT2D eigenvalue weighted by molar-refractivity contribution is 0.211. The largest absolute Gasteiger partial charge is 0.477 e. The zero-order valence-electron chi connectivity index (χ0n) is 17.4. The first-order valence-corrected chi connectivity index (χ1v) is 12.9. The topological polar surface area (TPSA) is 75.6 Å². The van der Waals surface area contributed by atoms with Gasteiger partial charge in [0.05, 0.1) is 29.0 Å². The van der Waals surface area contributed by atoms with Gasteiger partial charge in [0.1, 0.15) is 16.2 Å². The molecule has 3 aliphatic rings. The van der Waals surface area contributed by atoms with Gasteiger partial charge in [0.25, 0.3) is 0 Å². The molecule has 2 aliphatic heterocycles. The molecule has 2 aromatic rings. The maximum absolute atomic E-state index is 11.6. The number of aromatic nitrogens is 2. The highest BCUT2D eigenvalue weighted by molar-refractivity contribution is 7.91. The summed E-state index contributed by atoms with van der Waals surface area (Å²) in [5.74, 6) is 2.63. The van der Waals surface area contributed by atoms with Crippen LogP contribution in [0.15, 0.2) is 24.5 Å². The second-order valence-electron chi connectivity index (χ2n) is 9.02. The van der Waals surface area contributed by atoms with E-state index in [-0.39, 0.29) is 0 Å². The van der Waals surface area contributed by atoms with Crippen molar-refractivity contribution >= 4 is 26.4 Å². The summed E-state index contributed by atoms with van der Waals surface area (Å²) >= 11 is 0. The Kier molecular flexibility index (Phi) is 5.54. The molecule has 0 bridgehead atoms.